The van der Waals surface area contributed by atoms with Gasteiger partial charge in [-0.1, -0.05) is 6.92 Å². The minimum Gasteiger partial charge on any atom is -0.359 e. The van der Waals surface area contributed by atoms with Crippen LogP contribution in [0.25, 0.3) is 11.3 Å². The SMILES string of the molecule is [2H]C1([2H])CC(C)CC([2H])([2H])N1Cc1no[n+]([O-])c1-c1ccc(F)cc1. The molecule has 1 aliphatic heterocycles. The van der Waals surface area contributed by atoms with Gasteiger partial charge in [-0.15, -0.1) is 0 Å². The monoisotopic (exact) mass is 295 g/mol. The lowest BCUT2D eigenvalue weighted by molar-refractivity contribution is -0.793. The number of hydrogen-bond acceptors (Lipinski definition) is 4. The zero-order valence-electron chi connectivity index (χ0n) is 15.5. The van der Waals surface area contributed by atoms with Crippen molar-refractivity contribution in [3.05, 3.63) is 41.0 Å². The summed E-state index contributed by atoms with van der Waals surface area (Å²) in [5.41, 5.74) is 0.480. The smallest absolute Gasteiger partial charge is 0.240 e. The molecule has 0 atom stereocenters. The molecule has 21 heavy (non-hydrogen) atoms. The molecule has 0 bridgehead atoms. The largest absolute Gasteiger partial charge is 0.359 e. The van der Waals surface area contributed by atoms with E-state index in [1.807, 2.05) is 0 Å². The topological polar surface area (TPSA) is 56.2 Å². The summed E-state index contributed by atoms with van der Waals surface area (Å²) in [5, 5.41) is 15.6. The van der Waals surface area contributed by atoms with Crippen LogP contribution in [0.2, 0.25) is 0 Å². The highest BCUT2D eigenvalue weighted by molar-refractivity contribution is 5.58. The first-order valence-corrected chi connectivity index (χ1v) is 6.72. The van der Waals surface area contributed by atoms with Crippen LogP contribution in [-0.2, 0) is 6.54 Å². The van der Waals surface area contributed by atoms with Gasteiger partial charge in [0, 0.05) is 16.2 Å². The normalized spacial score (nSPS) is 24.9. The summed E-state index contributed by atoms with van der Waals surface area (Å²) >= 11 is 0. The van der Waals surface area contributed by atoms with E-state index in [-0.39, 0.29) is 41.6 Å². The Morgan fingerprint density at radius 1 is 1.43 bits per heavy atom. The van der Waals surface area contributed by atoms with Crippen LogP contribution in [0.1, 0.15) is 30.9 Å². The lowest BCUT2D eigenvalue weighted by Gasteiger charge is -2.28. The van der Waals surface area contributed by atoms with Gasteiger partial charge in [-0.25, -0.2) is 4.39 Å². The van der Waals surface area contributed by atoms with Crippen molar-refractivity contribution < 1.29 is 19.4 Å². The number of hydrogen-bond donors (Lipinski definition) is 0. The first-order valence-electron chi connectivity index (χ1n) is 8.72. The highest BCUT2D eigenvalue weighted by atomic mass is 19.1. The Morgan fingerprint density at radius 2 is 2.10 bits per heavy atom. The third-order valence-electron chi connectivity index (χ3n) is 3.37. The zero-order chi connectivity index (χ0) is 18.4. The minimum atomic E-state index is -1.89. The number of aromatic nitrogens is 2. The van der Waals surface area contributed by atoms with Gasteiger partial charge in [-0.05, 0) is 60.9 Å². The van der Waals surface area contributed by atoms with Crippen LogP contribution in [0.4, 0.5) is 4.39 Å². The quantitative estimate of drug-likeness (QED) is 0.816. The number of halogens is 1. The zero-order valence-corrected chi connectivity index (χ0v) is 11.5. The number of nitrogens with zero attached hydrogens (tertiary/aromatic N) is 3. The molecule has 1 aliphatic rings. The molecule has 112 valence electrons. The molecule has 0 spiro atoms. The molecule has 1 aromatic carbocycles. The van der Waals surface area contributed by atoms with E-state index < -0.39 is 18.8 Å². The van der Waals surface area contributed by atoms with Crippen molar-refractivity contribution in [1.82, 2.24) is 10.1 Å². The average molecular weight is 295 g/mol. The van der Waals surface area contributed by atoms with Crippen LogP contribution in [0.5, 0.6) is 0 Å². The predicted octanol–water partition coefficient (Wildman–Crippen LogP) is 2.35. The van der Waals surface area contributed by atoms with E-state index >= 15 is 0 Å². The van der Waals surface area contributed by atoms with Gasteiger partial charge in [0.2, 0.25) is 11.4 Å². The third-order valence-corrected chi connectivity index (χ3v) is 3.37. The number of rotatable bonds is 3. The van der Waals surface area contributed by atoms with E-state index in [1.54, 1.807) is 6.92 Å². The van der Waals surface area contributed by atoms with Gasteiger partial charge in [-0.3, -0.25) is 9.53 Å². The molecular formula is C15H18FN3O2. The first kappa shape index (κ1) is 9.89. The Kier molecular flexibility index (Phi) is 2.74. The molecule has 1 saturated heterocycles. The molecule has 6 heteroatoms. The maximum absolute atomic E-state index is 13.1. The number of likely N-dealkylation sites (tertiary alicyclic amines) is 1. The Balaban J connectivity index is 1.97. The molecular weight excluding hydrogens is 273 g/mol. The molecule has 0 radical (unpaired) electrons. The average Bonchev–Trinajstić information content (AvgIpc) is 2.84. The van der Waals surface area contributed by atoms with Crippen molar-refractivity contribution in [2.45, 2.75) is 26.3 Å². The second-order valence-electron chi connectivity index (χ2n) is 5.15. The number of benzene rings is 1. The molecule has 3 rings (SSSR count). The van der Waals surface area contributed by atoms with Gasteiger partial charge in [-0.2, -0.15) is 0 Å². The molecule has 0 amide bonds. The van der Waals surface area contributed by atoms with Crippen LogP contribution in [0.15, 0.2) is 28.9 Å². The van der Waals surface area contributed by atoms with Crippen molar-refractivity contribution in [2.24, 2.45) is 5.92 Å². The summed E-state index contributed by atoms with van der Waals surface area (Å²) < 4.78 is 50.5. The van der Waals surface area contributed by atoms with Crippen molar-refractivity contribution in [2.75, 3.05) is 13.0 Å². The van der Waals surface area contributed by atoms with E-state index in [2.05, 4.69) is 9.79 Å². The summed E-state index contributed by atoms with van der Waals surface area (Å²) in [5.74, 6) is -0.573. The summed E-state index contributed by atoms with van der Waals surface area (Å²) in [6.45, 7) is -2.22. The summed E-state index contributed by atoms with van der Waals surface area (Å²) in [4.78, 5) is 1.23. The molecule has 2 aromatic rings. The van der Waals surface area contributed by atoms with Gasteiger partial charge < -0.3 is 5.21 Å². The molecule has 1 fully saturated rings. The van der Waals surface area contributed by atoms with Crippen LogP contribution in [0.3, 0.4) is 0 Å². The van der Waals surface area contributed by atoms with E-state index in [0.717, 1.165) is 4.90 Å². The Morgan fingerprint density at radius 3 is 2.76 bits per heavy atom. The summed E-state index contributed by atoms with van der Waals surface area (Å²) in [7, 11) is 0. The molecule has 0 unspecified atom stereocenters. The Labute approximate surface area is 128 Å². The highest BCUT2D eigenvalue weighted by Gasteiger charge is 2.25. The van der Waals surface area contributed by atoms with Crippen LogP contribution in [0, 0.1) is 16.9 Å². The molecule has 2 heterocycles. The van der Waals surface area contributed by atoms with E-state index in [9.17, 15) is 9.60 Å². The van der Waals surface area contributed by atoms with Gasteiger partial charge in [0.15, 0.2) is 0 Å². The van der Waals surface area contributed by atoms with Crippen molar-refractivity contribution in [3.63, 3.8) is 0 Å². The van der Waals surface area contributed by atoms with Gasteiger partial charge in [0.05, 0.1) is 6.54 Å². The molecule has 0 saturated carbocycles. The van der Waals surface area contributed by atoms with Crippen molar-refractivity contribution >= 4 is 0 Å². The highest BCUT2D eigenvalue weighted by Crippen LogP contribution is 2.23. The van der Waals surface area contributed by atoms with Gasteiger partial charge >= 0.3 is 0 Å². The van der Waals surface area contributed by atoms with Crippen LogP contribution >= 0.6 is 0 Å². The second-order valence-corrected chi connectivity index (χ2v) is 5.15. The van der Waals surface area contributed by atoms with Gasteiger partial charge in [0.25, 0.3) is 0 Å². The van der Waals surface area contributed by atoms with E-state index in [1.165, 1.54) is 24.3 Å². The minimum absolute atomic E-state index is 0.0187. The molecule has 0 aliphatic carbocycles. The Hall–Kier alpha value is -1.95. The van der Waals surface area contributed by atoms with Crippen molar-refractivity contribution in [1.29, 1.82) is 0 Å². The van der Waals surface area contributed by atoms with Crippen LogP contribution < -0.4 is 4.90 Å². The van der Waals surface area contributed by atoms with E-state index in [0.29, 0.717) is 5.56 Å². The third kappa shape index (κ3) is 3.05. The fourth-order valence-corrected chi connectivity index (χ4v) is 2.18. The molecule has 0 N–H and O–H groups in total. The fraction of sp³-hybridized carbons (Fsp3) is 0.467. The maximum Gasteiger partial charge on any atom is 0.240 e. The molecule has 5 nitrogen and oxygen atoms in total. The van der Waals surface area contributed by atoms with Crippen molar-refractivity contribution in [3.8, 4) is 11.3 Å². The van der Waals surface area contributed by atoms with E-state index in [4.69, 9.17) is 5.48 Å². The maximum atomic E-state index is 13.1. The standard InChI is InChI=1S/C15H18FN3O2/c1-11-6-8-18(9-7-11)10-14-15(19(20)21-17-14)12-2-4-13(16)5-3-12/h2-5,11H,6-10H2,1H3/i8D2,9D2. The number of piperidine rings is 1. The van der Waals surface area contributed by atoms with Crippen LogP contribution in [-0.4, -0.2) is 23.1 Å². The lowest BCUT2D eigenvalue weighted by atomic mass is 9.99. The molecule has 1 aromatic heterocycles. The second kappa shape index (κ2) is 5.81. The Bertz CT molecular complexity index is 749. The summed E-state index contributed by atoms with van der Waals surface area (Å²) in [6, 6.07) is 5.16. The summed E-state index contributed by atoms with van der Waals surface area (Å²) in [6.07, 6.45) is 0.348. The predicted molar refractivity (Wildman–Crippen MR) is 74.5 cm³/mol. The lowest BCUT2D eigenvalue weighted by Crippen LogP contribution is -2.33. The first-order chi connectivity index (χ1) is 11.6. The fourth-order valence-electron chi connectivity index (χ4n) is 2.18. The van der Waals surface area contributed by atoms with Gasteiger partial charge in [0.1, 0.15) is 5.82 Å².